The number of benzene rings is 3. The zero-order valence-corrected chi connectivity index (χ0v) is 24.0. The summed E-state index contributed by atoms with van der Waals surface area (Å²) in [6, 6.07) is 12.8. The Kier molecular flexibility index (Phi) is 11.4. The van der Waals surface area contributed by atoms with Crippen LogP contribution in [0.15, 0.2) is 60.9 Å². The van der Waals surface area contributed by atoms with Gasteiger partial charge in [0.15, 0.2) is 23.3 Å². The van der Waals surface area contributed by atoms with E-state index < -0.39 is 29.4 Å². The summed E-state index contributed by atoms with van der Waals surface area (Å²) in [4.78, 5) is 0. The lowest BCUT2D eigenvalue weighted by Gasteiger charge is -2.29. The minimum absolute atomic E-state index is 0.104. The Labute approximate surface area is 241 Å². The Balaban J connectivity index is 1.41. The van der Waals surface area contributed by atoms with Gasteiger partial charge in [-0.05, 0) is 49.3 Å². The largest absolute Gasteiger partial charge is 0.501 e. The van der Waals surface area contributed by atoms with Gasteiger partial charge in [-0.25, -0.2) is 17.6 Å². The van der Waals surface area contributed by atoms with E-state index in [0.717, 1.165) is 25.7 Å². The number of hydrogen-bond donors (Lipinski definition) is 0. The van der Waals surface area contributed by atoms with Crippen LogP contribution in [0.1, 0.15) is 82.4 Å². The van der Waals surface area contributed by atoms with Crippen molar-refractivity contribution in [1.29, 1.82) is 0 Å². The van der Waals surface area contributed by atoms with Crippen LogP contribution in [0.25, 0.3) is 22.3 Å². The van der Waals surface area contributed by atoms with Crippen molar-refractivity contribution in [3.63, 3.8) is 0 Å². The number of hydrogen-bond acceptors (Lipinski definition) is 2. The molecule has 6 heteroatoms. The molecular formula is C35H40F4O2. The molecule has 1 aliphatic heterocycles. The fourth-order valence-electron chi connectivity index (χ4n) is 5.44. The van der Waals surface area contributed by atoms with Gasteiger partial charge >= 0.3 is 0 Å². The van der Waals surface area contributed by atoms with Gasteiger partial charge in [-0.15, -0.1) is 0 Å². The second kappa shape index (κ2) is 15.2. The van der Waals surface area contributed by atoms with Crippen LogP contribution >= 0.6 is 0 Å². The molecule has 3 aromatic carbocycles. The summed E-state index contributed by atoms with van der Waals surface area (Å²) in [7, 11) is 0. The third-order valence-corrected chi connectivity index (χ3v) is 7.86. The quantitative estimate of drug-likeness (QED) is 0.116. The van der Waals surface area contributed by atoms with Gasteiger partial charge in [0, 0.05) is 22.6 Å². The van der Waals surface area contributed by atoms with Gasteiger partial charge in [0.05, 0.1) is 25.6 Å². The van der Waals surface area contributed by atoms with Crippen LogP contribution in [0.3, 0.4) is 0 Å². The number of allylic oxidation sites excluding steroid dienone is 1. The van der Waals surface area contributed by atoms with Crippen molar-refractivity contribution >= 4 is 0 Å². The van der Waals surface area contributed by atoms with Crippen LogP contribution in [0.2, 0.25) is 0 Å². The Morgan fingerprint density at radius 2 is 1.39 bits per heavy atom. The minimum atomic E-state index is -0.950. The molecule has 1 saturated heterocycles. The first-order chi connectivity index (χ1) is 19.9. The molecule has 1 heterocycles. The maximum atomic E-state index is 15.2. The van der Waals surface area contributed by atoms with Crippen LogP contribution < -0.4 is 0 Å². The molecule has 2 atom stereocenters. The third-order valence-electron chi connectivity index (χ3n) is 7.86. The van der Waals surface area contributed by atoms with Crippen LogP contribution in [0, 0.1) is 29.2 Å². The smallest absolute Gasteiger partial charge is 0.167 e. The Morgan fingerprint density at radius 1 is 0.756 bits per heavy atom. The Morgan fingerprint density at radius 3 is 2.02 bits per heavy atom. The lowest BCUT2D eigenvalue weighted by molar-refractivity contribution is -0.0348. The SMILES string of the molecule is C/C=C/OCC1CCC(c2ccc(-c3ccc(-c4ccc(CCCCCCCC)c(F)c4F)cc3)c(F)c2F)OC1. The number of unbranched alkanes of at least 4 members (excludes halogenated alkanes) is 5. The zero-order chi connectivity index (χ0) is 29.2. The van der Waals surface area contributed by atoms with E-state index in [0.29, 0.717) is 42.7 Å². The molecule has 0 aromatic heterocycles. The first-order valence-corrected chi connectivity index (χ1v) is 14.8. The third kappa shape index (κ3) is 7.79. The van der Waals surface area contributed by atoms with Crippen molar-refractivity contribution in [2.24, 2.45) is 5.92 Å². The molecule has 220 valence electrons. The standard InChI is InChI=1S/C35H40F4O2/c1-3-5-6-7-8-9-10-27-16-17-28(33(37)32(27)36)25-12-14-26(15-13-25)29-18-19-30(35(39)34(29)38)31-20-11-24(23-41-31)22-40-21-4-2/h4,12-19,21,24,31H,3,5-11,20,22-23H2,1-2H3/b21-4+. The van der Waals surface area contributed by atoms with Crippen molar-refractivity contribution in [3.05, 3.63) is 95.3 Å². The van der Waals surface area contributed by atoms with E-state index in [-0.39, 0.29) is 22.6 Å². The highest BCUT2D eigenvalue weighted by atomic mass is 19.2. The van der Waals surface area contributed by atoms with Crippen molar-refractivity contribution < 1.29 is 27.0 Å². The monoisotopic (exact) mass is 568 g/mol. The summed E-state index contributed by atoms with van der Waals surface area (Å²) in [5.41, 5.74) is 1.75. The molecule has 4 rings (SSSR count). The zero-order valence-electron chi connectivity index (χ0n) is 24.0. The molecule has 3 aromatic rings. The fraction of sp³-hybridized carbons (Fsp3) is 0.429. The van der Waals surface area contributed by atoms with E-state index in [1.54, 1.807) is 54.8 Å². The molecule has 0 amide bonds. The molecule has 1 fully saturated rings. The lowest BCUT2D eigenvalue weighted by atomic mass is 9.93. The van der Waals surface area contributed by atoms with Gasteiger partial charge in [-0.2, -0.15) is 0 Å². The molecule has 41 heavy (non-hydrogen) atoms. The van der Waals surface area contributed by atoms with E-state index in [1.807, 2.05) is 13.0 Å². The van der Waals surface area contributed by atoms with Crippen LogP contribution in [0.5, 0.6) is 0 Å². The van der Waals surface area contributed by atoms with E-state index in [1.165, 1.54) is 19.3 Å². The van der Waals surface area contributed by atoms with Crippen LogP contribution in [0.4, 0.5) is 17.6 Å². The van der Waals surface area contributed by atoms with Crippen LogP contribution in [-0.4, -0.2) is 13.2 Å². The first-order valence-electron chi connectivity index (χ1n) is 14.8. The van der Waals surface area contributed by atoms with Gasteiger partial charge in [0.1, 0.15) is 0 Å². The summed E-state index contributed by atoms with van der Waals surface area (Å²) >= 11 is 0. The molecule has 1 aliphatic rings. The second-order valence-corrected chi connectivity index (χ2v) is 10.9. The number of rotatable bonds is 13. The Bertz CT molecular complexity index is 1290. The average molecular weight is 569 g/mol. The highest BCUT2D eigenvalue weighted by molar-refractivity contribution is 5.71. The maximum absolute atomic E-state index is 15.2. The number of ether oxygens (including phenoxy) is 2. The molecule has 0 spiro atoms. The van der Waals surface area contributed by atoms with Gasteiger partial charge < -0.3 is 9.47 Å². The van der Waals surface area contributed by atoms with E-state index in [4.69, 9.17) is 9.47 Å². The predicted molar refractivity (Wildman–Crippen MR) is 156 cm³/mol. The molecule has 0 bridgehead atoms. The molecule has 0 N–H and O–H groups in total. The molecule has 0 aliphatic carbocycles. The Hall–Kier alpha value is -3.12. The van der Waals surface area contributed by atoms with Crippen molar-refractivity contribution in [1.82, 2.24) is 0 Å². The summed E-state index contributed by atoms with van der Waals surface area (Å²) in [6.45, 7) is 4.99. The summed E-state index contributed by atoms with van der Waals surface area (Å²) < 4.78 is 71.4. The van der Waals surface area contributed by atoms with E-state index in [9.17, 15) is 8.78 Å². The lowest BCUT2D eigenvalue weighted by Crippen LogP contribution is -2.24. The minimum Gasteiger partial charge on any atom is -0.501 e. The van der Waals surface area contributed by atoms with Gasteiger partial charge in [-0.1, -0.05) is 93.6 Å². The topological polar surface area (TPSA) is 18.5 Å². The van der Waals surface area contributed by atoms with Crippen LogP contribution in [-0.2, 0) is 15.9 Å². The summed E-state index contributed by atoms with van der Waals surface area (Å²) in [5.74, 6) is -3.36. The first kappa shape index (κ1) is 30.8. The maximum Gasteiger partial charge on any atom is 0.167 e. The highest BCUT2D eigenvalue weighted by Crippen LogP contribution is 2.36. The highest BCUT2D eigenvalue weighted by Gasteiger charge is 2.27. The van der Waals surface area contributed by atoms with Crippen molar-refractivity contribution in [2.75, 3.05) is 13.2 Å². The van der Waals surface area contributed by atoms with Crippen molar-refractivity contribution in [3.8, 4) is 22.3 Å². The molecule has 2 unspecified atom stereocenters. The molecule has 0 saturated carbocycles. The van der Waals surface area contributed by atoms with Crippen molar-refractivity contribution in [2.45, 2.75) is 77.7 Å². The van der Waals surface area contributed by atoms with E-state index in [2.05, 4.69) is 6.92 Å². The number of halogens is 4. The normalized spacial score (nSPS) is 17.3. The second-order valence-electron chi connectivity index (χ2n) is 10.9. The van der Waals surface area contributed by atoms with Gasteiger partial charge in [0.2, 0.25) is 0 Å². The summed E-state index contributed by atoms with van der Waals surface area (Å²) in [6.07, 6.45) is 11.3. The summed E-state index contributed by atoms with van der Waals surface area (Å²) in [5, 5.41) is 0. The van der Waals surface area contributed by atoms with E-state index >= 15 is 8.78 Å². The molecule has 0 radical (unpaired) electrons. The number of aryl methyl sites for hydroxylation is 1. The average Bonchev–Trinajstić information content (AvgIpc) is 2.99. The van der Waals surface area contributed by atoms with Gasteiger partial charge in [-0.3, -0.25) is 0 Å². The molecular weight excluding hydrogens is 528 g/mol. The fourth-order valence-corrected chi connectivity index (χ4v) is 5.44. The van der Waals surface area contributed by atoms with Gasteiger partial charge in [0.25, 0.3) is 0 Å². The predicted octanol–water partition coefficient (Wildman–Crippen LogP) is 10.5. The molecule has 2 nitrogen and oxygen atoms in total.